The summed E-state index contributed by atoms with van der Waals surface area (Å²) in [6.07, 6.45) is 1.09. The van der Waals surface area contributed by atoms with Gasteiger partial charge in [0.2, 0.25) is 0 Å². The molecule has 0 aliphatic rings. The highest BCUT2D eigenvalue weighted by Crippen LogP contribution is 2.20. The number of pyridine rings is 1. The highest BCUT2D eigenvalue weighted by Gasteiger charge is 2.13. The maximum atomic E-state index is 13.8. The standard InChI is InChI=1S/C13H9ClFNO3/c1-7-4-12(17)9(13(18)19)6-16(7)11-5-8(14)2-3-10(11)15/h2-6H,1H3,(H,18,19). The Morgan fingerprint density at radius 1 is 1.37 bits per heavy atom. The van der Waals surface area contributed by atoms with Crippen LogP contribution in [0.2, 0.25) is 5.02 Å². The van der Waals surface area contributed by atoms with Gasteiger partial charge in [-0.05, 0) is 25.1 Å². The molecule has 0 fully saturated rings. The minimum Gasteiger partial charge on any atom is -0.477 e. The Balaban J connectivity index is 2.75. The molecule has 0 radical (unpaired) electrons. The number of rotatable bonds is 2. The summed E-state index contributed by atoms with van der Waals surface area (Å²) in [5, 5.41) is 9.23. The zero-order valence-corrected chi connectivity index (χ0v) is 10.6. The van der Waals surface area contributed by atoms with Crippen molar-refractivity contribution in [3.63, 3.8) is 0 Å². The van der Waals surface area contributed by atoms with E-state index in [1.165, 1.54) is 22.8 Å². The van der Waals surface area contributed by atoms with Crippen LogP contribution in [0.5, 0.6) is 0 Å². The molecule has 1 aromatic heterocycles. The van der Waals surface area contributed by atoms with Crippen molar-refractivity contribution >= 4 is 17.6 Å². The number of benzene rings is 1. The minimum atomic E-state index is -1.36. The Morgan fingerprint density at radius 2 is 2.05 bits per heavy atom. The van der Waals surface area contributed by atoms with Crippen LogP contribution in [0.4, 0.5) is 4.39 Å². The molecule has 2 rings (SSSR count). The molecule has 0 bridgehead atoms. The van der Waals surface area contributed by atoms with Crippen molar-refractivity contribution in [1.82, 2.24) is 4.57 Å². The molecular formula is C13H9ClFNO3. The van der Waals surface area contributed by atoms with Crippen LogP contribution in [0, 0.1) is 12.7 Å². The molecule has 2 aromatic rings. The van der Waals surface area contributed by atoms with E-state index in [4.69, 9.17) is 16.7 Å². The molecule has 0 aliphatic carbocycles. The highest BCUT2D eigenvalue weighted by atomic mass is 35.5. The molecule has 0 saturated heterocycles. The molecule has 1 N–H and O–H groups in total. The molecule has 0 amide bonds. The molecule has 0 unspecified atom stereocenters. The summed E-state index contributed by atoms with van der Waals surface area (Å²) in [7, 11) is 0. The fourth-order valence-corrected chi connectivity index (χ4v) is 1.89. The van der Waals surface area contributed by atoms with Gasteiger partial charge in [-0.15, -0.1) is 0 Å². The lowest BCUT2D eigenvalue weighted by atomic mass is 10.2. The zero-order chi connectivity index (χ0) is 14.2. The van der Waals surface area contributed by atoms with Gasteiger partial charge < -0.3 is 9.67 Å². The maximum absolute atomic E-state index is 13.8. The number of halogens is 2. The van der Waals surface area contributed by atoms with Crippen molar-refractivity contribution in [2.24, 2.45) is 0 Å². The third kappa shape index (κ3) is 2.51. The number of carboxylic acid groups (broad SMARTS) is 1. The van der Waals surface area contributed by atoms with Crippen LogP contribution in [0.1, 0.15) is 16.1 Å². The van der Waals surface area contributed by atoms with Gasteiger partial charge in [0.05, 0.1) is 5.69 Å². The second-order valence-electron chi connectivity index (χ2n) is 3.96. The summed E-state index contributed by atoms with van der Waals surface area (Å²) in [6, 6.07) is 5.07. The number of aryl methyl sites for hydroxylation is 1. The van der Waals surface area contributed by atoms with E-state index in [1.54, 1.807) is 6.92 Å². The second-order valence-corrected chi connectivity index (χ2v) is 4.40. The summed E-state index contributed by atoms with van der Waals surface area (Å²) in [5.41, 5.74) is -0.544. The Labute approximate surface area is 112 Å². The van der Waals surface area contributed by atoms with E-state index >= 15 is 0 Å². The number of hydrogen-bond donors (Lipinski definition) is 1. The van der Waals surface area contributed by atoms with E-state index in [9.17, 15) is 14.0 Å². The molecule has 1 heterocycles. The van der Waals surface area contributed by atoms with Crippen molar-refractivity contribution in [3.05, 3.63) is 62.8 Å². The van der Waals surface area contributed by atoms with Crippen LogP contribution in [0.3, 0.4) is 0 Å². The predicted molar refractivity (Wildman–Crippen MR) is 68.7 cm³/mol. The van der Waals surface area contributed by atoms with E-state index in [1.807, 2.05) is 0 Å². The Bertz CT molecular complexity index is 724. The van der Waals surface area contributed by atoms with E-state index in [2.05, 4.69) is 0 Å². The number of carboxylic acids is 1. The normalized spacial score (nSPS) is 10.5. The largest absolute Gasteiger partial charge is 0.477 e. The van der Waals surface area contributed by atoms with Crippen LogP contribution in [-0.4, -0.2) is 15.6 Å². The minimum absolute atomic E-state index is 0.0903. The third-order valence-electron chi connectivity index (χ3n) is 2.64. The number of nitrogens with zero attached hydrogens (tertiary/aromatic N) is 1. The van der Waals surface area contributed by atoms with Crippen LogP contribution < -0.4 is 5.43 Å². The molecule has 19 heavy (non-hydrogen) atoms. The van der Waals surface area contributed by atoms with Crippen LogP contribution in [0.15, 0.2) is 35.3 Å². The van der Waals surface area contributed by atoms with Crippen LogP contribution in [0.25, 0.3) is 5.69 Å². The van der Waals surface area contributed by atoms with E-state index in [0.717, 1.165) is 12.3 Å². The van der Waals surface area contributed by atoms with E-state index in [0.29, 0.717) is 10.7 Å². The van der Waals surface area contributed by atoms with Gasteiger partial charge >= 0.3 is 5.97 Å². The molecule has 1 aromatic carbocycles. The average molecular weight is 282 g/mol. The molecule has 0 atom stereocenters. The summed E-state index contributed by atoms with van der Waals surface area (Å²) in [6.45, 7) is 1.58. The topological polar surface area (TPSA) is 59.3 Å². The van der Waals surface area contributed by atoms with Gasteiger partial charge in [-0.2, -0.15) is 0 Å². The molecular weight excluding hydrogens is 273 g/mol. The van der Waals surface area contributed by atoms with Crippen molar-refractivity contribution in [1.29, 1.82) is 0 Å². The molecule has 98 valence electrons. The van der Waals surface area contributed by atoms with Gasteiger partial charge in [0.15, 0.2) is 5.43 Å². The summed E-state index contributed by atoms with van der Waals surface area (Å²) in [4.78, 5) is 22.4. The third-order valence-corrected chi connectivity index (χ3v) is 2.88. The summed E-state index contributed by atoms with van der Waals surface area (Å²) in [5.74, 6) is -1.92. The molecule has 4 nitrogen and oxygen atoms in total. The van der Waals surface area contributed by atoms with Crippen LogP contribution >= 0.6 is 11.6 Å². The summed E-state index contributed by atoms with van der Waals surface area (Å²) >= 11 is 5.79. The van der Waals surface area contributed by atoms with Gasteiger partial charge in [0, 0.05) is 23.0 Å². The van der Waals surface area contributed by atoms with E-state index < -0.39 is 22.8 Å². The lowest BCUT2D eigenvalue weighted by Crippen LogP contribution is -2.18. The number of aromatic carboxylic acids is 1. The molecule has 6 heteroatoms. The monoisotopic (exact) mass is 281 g/mol. The Hall–Kier alpha value is -2.14. The van der Waals surface area contributed by atoms with Crippen molar-refractivity contribution < 1.29 is 14.3 Å². The summed E-state index contributed by atoms with van der Waals surface area (Å²) < 4.78 is 15.0. The Morgan fingerprint density at radius 3 is 2.68 bits per heavy atom. The van der Waals surface area contributed by atoms with Gasteiger partial charge in [0.25, 0.3) is 0 Å². The van der Waals surface area contributed by atoms with Gasteiger partial charge in [-0.1, -0.05) is 11.6 Å². The second kappa shape index (κ2) is 4.85. The number of carbonyl (C=O) groups is 1. The van der Waals surface area contributed by atoms with Crippen molar-refractivity contribution in [3.8, 4) is 5.69 Å². The van der Waals surface area contributed by atoms with Crippen molar-refractivity contribution in [2.45, 2.75) is 6.92 Å². The number of aromatic nitrogens is 1. The smallest absolute Gasteiger partial charge is 0.341 e. The van der Waals surface area contributed by atoms with Gasteiger partial charge in [-0.3, -0.25) is 4.79 Å². The quantitative estimate of drug-likeness (QED) is 0.920. The first-order valence-electron chi connectivity index (χ1n) is 5.32. The molecule has 0 aliphatic heterocycles. The average Bonchev–Trinajstić information content (AvgIpc) is 2.32. The van der Waals surface area contributed by atoms with Crippen molar-refractivity contribution in [2.75, 3.05) is 0 Å². The van der Waals surface area contributed by atoms with Gasteiger partial charge in [-0.25, -0.2) is 9.18 Å². The fraction of sp³-hybridized carbons (Fsp3) is 0.0769. The first kappa shape index (κ1) is 13.3. The SMILES string of the molecule is Cc1cc(=O)c(C(=O)O)cn1-c1cc(Cl)ccc1F. The lowest BCUT2D eigenvalue weighted by molar-refractivity contribution is 0.0694. The van der Waals surface area contributed by atoms with E-state index in [-0.39, 0.29) is 5.69 Å². The molecule has 0 saturated carbocycles. The predicted octanol–water partition coefficient (Wildman–Crippen LogP) is 2.64. The Kier molecular flexibility index (Phi) is 3.40. The highest BCUT2D eigenvalue weighted by molar-refractivity contribution is 6.30. The fourth-order valence-electron chi connectivity index (χ4n) is 1.72. The number of hydrogen-bond acceptors (Lipinski definition) is 2. The first-order valence-corrected chi connectivity index (χ1v) is 5.70. The zero-order valence-electron chi connectivity index (χ0n) is 9.85. The van der Waals surface area contributed by atoms with Gasteiger partial charge in [0.1, 0.15) is 11.4 Å². The maximum Gasteiger partial charge on any atom is 0.341 e. The first-order chi connectivity index (χ1) is 8.90. The molecule has 0 spiro atoms. The lowest BCUT2D eigenvalue weighted by Gasteiger charge is -2.12. The van der Waals surface area contributed by atoms with Crippen LogP contribution in [-0.2, 0) is 0 Å².